The van der Waals surface area contributed by atoms with Crippen LogP contribution in [0.2, 0.25) is 0 Å². The first-order chi connectivity index (χ1) is 11.9. The summed E-state index contributed by atoms with van der Waals surface area (Å²) >= 11 is 0. The minimum Gasteiger partial charge on any atom is -0.406 e. The lowest BCUT2D eigenvalue weighted by molar-refractivity contribution is -0.274. The van der Waals surface area contributed by atoms with Crippen molar-refractivity contribution in [3.8, 4) is 11.4 Å². The lowest BCUT2D eigenvalue weighted by atomic mass is 10.3. The number of para-hydroxylation sites is 1. The van der Waals surface area contributed by atoms with Crippen LogP contribution in [0.5, 0.6) is 5.75 Å². The molecule has 128 valence electrons. The van der Waals surface area contributed by atoms with Crippen molar-refractivity contribution in [2.45, 2.75) is 6.36 Å². The molecule has 0 aliphatic rings. The number of anilines is 1. The number of alkyl halides is 3. The number of halogens is 3. The van der Waals surface area contributed by atoms with Gasteiger partial charge in [0.05, 0.1) is 5.69 Å². The molecule has 3 aromatic rings. The number of aromatic nitrogens is 2. The van der Waals surface area contributed by atoms with Gasteiger partial charge in [-0.3, -0.25) is 4.79 Å². The molecule has 0 aliphatic carbocycles. The summed E-state index contributed by atoms with van der Waals surface area (Å²) in [7, 11) is 0. The minimum absolute atomic E-state index is 0.180. The zero-order valence-electron chi connectivity index (χ0n) is 12.7. The minimum atomic E-state index is -4.75. The number of carbonyl (C=O) groups is 1. The van der Waals surface area contributed by atoms with E-state index in [-0.39, 0.29) is 11.4 Å². The first-order valence-corrected chi connectivity index (χ1v) is 7.19. The van der Waals surface area contributed by atoms with Crippen LogP contribution in [0, 0.1) is 0 Å². The van der Waals surface area contributed by atoms with E-state index in [9.17, 15) is 18.0 Å². The molecule has 0 saturated carbocycles. The lowest BCUT2D eigenvalue weighted by Crippen LogP contribution is -2.17. The van der Waals surface area contributed by atoms with Gasteiger partial charge in [0.25, 0.3) is 5.91 Å². The summed E-state index contributed by atoms with van der Waals surface area (Å²) in [6, 6.07) is 15.7. The largest absolute Gasteiger partial charge is 0.573 e. The number of nitrogens with zero attached hydrogens (tertiary/aromatic N) is 2. The maximum atomic E-state index is 12.2. The molecule has 8 heteroatoms. The number of hydrogen-bond donors (Lipinski definition) is 1. The van der Waals surface area contributed by atoms with Crippen LogP contribution in [-0.4, -0.2) is 22.1 Å². The van der Waals surface area contributed by atoms with Gasteiger partial charge in [-0.15, -0.1) is 13.2 Å². The Morgan fingerprint density at radius 3 is 2.32 bits per heavy atom. The van der Waals surface area contributed by atoms with Crippen molar-refractivity contribution in [1.82, 2.24) is 9.78 Å². The van der Waals surface area contributed by atoms with Crippen LogP contribution in [0.4, 0.5) is 18.9 Å². The van der Waals surface area contributed by atoms with Crippen LogP contribution >= 0.6 is 0 Å². The second kappa shape index (κ2) is 6.68. The summed E-state index contributed by atoms with van der Waals surface area (Å²) in [6.07, 6.45) is -3.11. The molecule has 3 rings (SSSR count). The maximum Gasteiger partial charge on any atom is 0.573 e. The predicted octanol–water partition coefficient (Wildman–Crippen LogP) is 4.02. The van der Waals surface area contributed by atoms with E-state index in [1.165, 1.54) is 12.1 Å². The molecule has 0 fully saturated rings. The molecule has 5 nitrogen and oxygen atoms in total. The molecule has 0 aliphatic heterocycles. The average Bonchev–Trinajstić information content (AvgIpc) is 3.06. The molecule has 1 amide bonds. The second-order valence-electron chi connectivity index (χ2n) is 5.01. The fourth-order valence-corrected chi connectivity index (χ4v) is 2.10. The highest BCUT2D eigenvalue weighted by Gasteiger charge is 2.30. The van der Waals surface area contributed by atoms with Crippen molar-refractivity contribution in [2.75, 3.05) is 5.32 Å². The van der Waals surface area contributed by atoms with Gasteiger partial charge in [-0.1, -0.05) is 18.2 Å². The van der Waals surface area contributed by atoms with E-state index in [1.54, 1.807) is 16.9 Å². The normalized spacial score (nSPS) is 11.2. The molecular formula is C17H12F3N3O2. The van der Waals surface area contributed by atoms with E-state index >= 15 is 0 Å². The van der Waals surface area contributed by atoms with Gasteiger partial charge in [-0.05, 0) is 42.5 Å². The van der Waals surface area contributed by atoms with E-state index in [2.05, 4.69) is 15.2 Å². The van der Waals surface area contributed by atoms with Crippen molar-refractivity contribution < 1.29 is 22.7 Å². The number of amides is 1. The number of nitrogens with one attached hydrogen (secondary N) is 1. The van der Waals surface area contributed by atoms with E-state index < -0.39 is 12.3 Å². The number of carbonyl (C=O) groups excluding carboxylic acids is 1. The first-order valence-electron chi connectivity index (χ1n) is 7.19. The summed E-state index contributed by atoms with van der Waals surface area (Å²) in [5, 5.41) is 6.74. The standard InChI is InChI=1S/C17H12F3N3O2/c18-17(19,20)25-14-8-6-12(7-9-14)21-16(24)15-10-11-23(22-15)13-4-2-1-3-5-13/h1-11H,(H,21,24). The van der Waals surface area contributed by atoms with Crippen molar-refractivity contribution in [1.29, 1.82) is 0 Å². The van der Waals surface area contributed by atoms with Crippen molar-refractivity contribution in [2.24, 2.45) is 0 Å². The molecule has 1 aromatic heterocycles. The van der Waals surface area contributed by atoms with E-state index in [0.29, 0.717) is 5.69 Å². The Balaban J connectivity index is 1.67. The van der Waals surface area contributed by atoms with Crippen LogP contribution in [0.3, 0.4) is 0 Å². The molecule has 0 unspecified atom stereocenters. The van der Waals surface area contributed by atoms with Gasteiger partial charge in [-0.25, -0.2) is 4.68 Å². The van der Waals surface area contributed by atoms with Gasteiger partial charge in [-0.2, -0.15) is 5.10 Å². The summed E-state index contributed by atoms with van der Waals surface area (Å²) < 4.78 is 41.7. The molecule has 0 bridgehead atoms. The van der Waals surface area contributed by atoms with Crippen LogP contribution in [0.25, 0.3) is 5.69 Å². The fourth-order valence-electron chi connectivity index (χ4n) is 2.10. The third kappa shape index (κ3) is 4.37. The third-order valence-corrected chi connectivity index (χ3v) is 3.19. The van der Waals surface area contributed by atoms with Crippen molar-refractivity contribution in [3.63, 3.8) is 0 Å². The molecule has 25 heavy (non-hydrogen) atoms. The molecule has 0 spiro atoms. The Labute approximate surface area is 140 Å². The zero-order valence-corrected chi connectivity index (χ0v) is 12.7. The summed E-state index contributed by atoms with van der Waals surface area (Å²) in [5.74, 6) is -0.835. The summed E-state index contributed by atoms with van der Waals surface area (Å²) in [6.45, 7) is 0. The van der Waals surface area contributed by atoms with E-state index in [0.717, 1.165) is 17.8 Å². The highest BCUT2D eigenvalue weighted by Crippen LogP contribution is 2.24. The van der Waals surface area contributed by atoms with E-state index in [4.69, 9.17) is 0 Å². The molecule has 0 saturated heterocycles. The SMILES string of the molecule is O=C(Nc1ccc(OC(F)(F)F)cc1)c1ccn(-c2ccccc2)n1. The Hall–Kier alpha value is -3.29. The second-order valence-corrected chi connectivity index (χ2v) is 5.01. The van der Waals surface area contributed by atoms with Gasteiger partial charge in [0.2, 0.25) is 0 Å². The Morgan fingerprint density at radius 2 is 1.68 bits per heavy atom. The maximum absolute atomic E-state index is 12.2. The van der Waals surface area contributed by atoms with Crippen LogP contribution < -0.4 is 10.1 Å². The zero-order chi connectivity index (χ0) is 17.9. The Kier molecular flexibility index (Phi) is 4.42. The summed E-state index contributed by atoms with van der Waals surface area (Å²) in [4.78, 5) is 12.2. The molecule has 1 heterocycles. The molecule has 1 N–H and O–H groups in total. The highest BCUT2D eigenvalue weighted by molar-refractivity contribution is 6.02. The number of benzene rings is 2. The van der Waals surface area contributed by atoms with Gasteiger partial charge in [0, 0.05) is 11.9 Å². The first kappa shape index (κ1) is 16.6. The number of hydrogen-bond acceptors (Lipinski definition) is 3. The molecule has 0 atom stereocenters. The Morgan fingerprint density at radius 1 is 1.00 bits per heavy atom. The molecular weight excluding hydrogens is 335 g/mol. The molecule has 2 aromatic carbocycles. The molecule has 0 radical (unpaired) electrons. The monoisotopic (exact) mass is 347 g/mol. The summed E-state index contributed by atoms with van der Waals surface area (Å²) in [5.41, 5.74) is 1.31. The predicted molar refractivity (Wildman–Crippen MR) is 84.6 cm³/mol. The highest BCUT2D eigenvalue weighted by atomic mass is 19.4. The van der Waals surface area contributed by atoms with Gasteiger partial charge in [0.15, 0.2) is 5.69 Å². The van der Waals surface area contributed by atoms with Crippen molar-refractivity contribution >= 4 is 11.6 Å². The van der Waals surface area contributed by atoms with Crippen molar-refractivity contribution in [3.05, 3.63) is 72.6 Å². The quantitative estimate of drug-likeness (QED) is 0.775. The topological polar surface area (TPSA) is 56.1 Å². The Bertz CT molecular complexity index is 859. The van der Waals surface area contributed by atoms with Crippen LogP contribution in [0.15, 0.2) is 66.9 Å². The van der Waals surface area contributed by atoms with Crippen LogP contribution in [0.1, 0.15) is 10.5 Å². The van der Waals surface area contributed by atoms with Gasteiger partial charge in [0.1, 0.15) is 5.75 Å². The van der Waals surface area contributed by atoms with Gasteiger partial charge < -0.3 is 10.1 Å². The van der Waals surface area contributed by atoms with E-state index in [1.807, 2.05) is 30.3 Å². The average molecular weight is 347 g/mol. The van der Waals surface area contributed by atoms with Gasteiger partial charge >= 0.3 is 6.36 Å². The smallest absolute Gasteiger partial charge is 0.406 e. The fraction of sp³-hybridized carbons (Fsp3) is 0.0588. The number of rotatable bonds is 4. The lowest BCUT2D eigenvalue weighted by Gasteiger charge is -2.09. The third-order valence-electron chi connectivity index (χ3n) is 3.19. The number of ether oxygens (including phenoxy) is 1. The van der Waals surface area contributed by atoms with Crippen LogP contribution in [-0.2, 0) is 0 Å².